The van der Waals surface area contributed by atoms with E-state index in [0.29, 0.717) is 4.83 Å². The van der Waals surface area contributed by atoms with Crippen LogP contribution in [0.2, 0.25) is 0 Å². The van der Waals surface area contributed by atoms with Crippen LogP contribution in [0.5, 0.6) is 0 Å². The molecule has 14 heavy (non-hydrogen) atoms. The molecule has 0 aromatic carbocycles. The van der Waals surface area contributed by atoms with Crippen molar-refractivity contribution in [3.05, 3.63) is 42.7 Å². The fraction of sp³-hybridized carbons (Fsp3) is 0.200. The zero-order chi connectivity index (χ0) is 10.1. The Balaban J connectivity index is 2.38. The zero-order valence-corrected chi connectivity index (χ0v) is 12.3. The van der Waals surface area contributed by atoms with Crippen molar-refractivity contribution in [1.29, 1.82) is 0 Å². The smallest absolute Gasteiger partial charge is 0.0844 e. The van der Waals surface area contributed by atoms with E-state index in [0.717, 1.165) is 0 Å². The minimum absolute atomic E-state index is 0.330. The third-order valence-electron chi connectivity index (χ3n) is 2.01. The molecule has 0 nitrogen and oxygen atoms in total. The molecule has 1 unspecified atom stereocenters. The molecular weight excluding hydrogens is 344 g/mol. The van der Waals surface area contributed by atoms with E-state index in [9.17, 15) is 0 Å². The van der Waals surface area contributed by atoms with Crippen molar-refractivity contribution in [1.82, 2.24) is 0 Å². The molecule has 0 fully saturated rings. The van der Waals surface area contributed by atoms with Gasteiger partial charge in [0.2, 0.25) is 0 Å². The summed E-state index contributed by atoms with van der Waals surface area (Å²) >= 11 is 10.9. The molecule has 0 bridgehead atoms. The Morgan fingerprint density at radius 3 is 2.29 bits per heavy atom. The van der Waals surface area contributed by atoms with Gasteiger partial charge in [-0.15, -0.1) is 22.7 Å². The molecule has 0 spiro atoms. The van der Waals surface area contributed by atoms with Gasteiger partial charge in [-0.1, -0.05) is 15.9 Å². The van der Waals surface area contributed by atoms with E-state index in [1.807, 2.05) is 0 Å². The van der Waals surface area contributed by atoms with Gasteiger partial charge >= 0.3 is 0 Å². The summed E-state index contributed by atoms with van der Waals surface area (Å²) in [6, 6.07) is 4.26. The Kier molecular flexibility index (Phi) is 3.47. The van der Waals surface area contributed by atoms with Gasteiger partial charge in [0.15, 0.2) is 0 Å². The standard InChI is InChI=1S/C10H8Br2S2/c1-6-2-4-13-9(6)8(12)10-7(11)3-5-14-10/h2-5,8H,1H3. The molecule has 74 valence electrons. The van der Waals surface area contributed by atoms with Crippen LogP contribution in [0.3, 0.4) is 0 Å². The van der Waals surface area contributed by atoms with Crippen LogP contribution < -0.4 is 0 Å². The lowest BCUT2D eigenvalue weighted by Crippen LogP contribution is -1.88. The van der Waals surface area contributed by atoms with Gasteiger partial charge in [-0.05, 0) is 51.3 Å². The molecule has 2 aromatic rings. The second kappa shape index (κ2) is 4.47. The number of hydrogen-bond acceptors (Lipinski definition) is 2. The zero-order valence-electron chi connectivity index (χ0n) is 7.46. The summed E-state index contributed by atoms with van der Waals surface area (Å²) in [5, 5.41) is 4.25. The maximum absolute atomic E-state index is 3.74. The first kappa shape index (κ1) is 10.9. The van der Waals surface area contributed by atoms with Gasteiger partial charge in [0, 0.05) is 14.2 Å². The molecule has 4 heteroatoms. The van der Waals surface area contributed by atoms with Crippen LogP contribution >= 0.6 is 54.5 Å². The summed E-state index contributed by atoms with van der Waals surface area (Å²) in [5.41, 5.74) is 1.36. The monoisotopic (exact) mass is 350 g/mol. The number of rotatable bonds is 2. The van der Waals surface area contributed by atoms with E-state index in [2.05, 4.69) is 61.7 Å². The highest BCUT2D eigenvalue weighted by Crippen LogP contribution is 2.41. The Hall–Kier alpha value is 0.360. The molecule has 0 amide bonds. The molecule has 2 rings (SSSR count). The summed E-state index contributed by atoms with van der Waals surface area (Å²) in [6.45, 7) is 2.15. The summed E-state index contributed by atoms with van der Waals surface area (Å²) in [7, 11) is 0. The molecule has 0 aliphatic rings. The fourth-order valence-corrected chi connectivity index (χ4v) is 5.38. The van der Waals surface area contributed by atoms with Crippen LogP contribution in [0.1, 0.15) is 20.1 Å². The third-order valence-corrected chi connectivity index (χ3v) is 6.55. The van der Waals surface area contributed by atoms with E-state index in [4.69, 9.17) is 0 Å². The number of hydrogen-bond donors (Lipinski definition) is 0. The first-order valence-electron chi connectivity index (χ1n) is 4.11. The molecule has 0 radical (unpaired) electrons. The van der Waals surface area contributed by atoms with Gasteiger partial charge in [0.25, 0.3) is 0 Å². The molecule has 0 saturated carbocycles. The summed E-state index contributed by atoms with van der Waals surface area (Å²) in [5.74, 6) is 0. The normalized spacial score (nSPS) is 13.1. The molecule has 2 heterocycles. The highest BCUT2D eigenvalue weighted by Gasteiger charge is 2.17. The number of alkyl halides is 1. The largest absolute Gasteiger partial charge is 0.147 e. The SMILES string of the molecule is Cc1ccsc1C(Br)c1sccc1Br. The van der Waals surface area contributed by atoms with Gasteiger partial charge in [-0.2, -0.15) is 0 Å². The quantitative estimate of drug-likeness (QED) is 0.638. The van der Waals surface area contributed by atoms with Crippen molar-refractivity contribution in [2.24, 2.45) is 0 Å². The average molecular weight is 352 g/mol. The van der Waals surface area contributed by atoms with Crippen LogP contribution in [-0.4, -0.2) is 0 Å². The van der Waals surface area contributed by atoms with Gasteiger partial charge in [0.05, 0.1) is 4.83 Å². The first-order chi connectivity index (χ1) is 6.70. The van der Waals surface area contributed by atoms with Crippen molar-refractivity contribution in [3.8, 4) is 0 Å². The summed E-state index contributed by atoms with van der Waals surface area (Å²) < 4.78 is 1.19. The number of halogens is 2. The molecule has 0 aliphatic heterocycles. The second-order valence-corrected chi connectivity index (χ2v) is 6.63. The lowest BCUT2D eigenvalue weighted by Gasteiger charge is -2.07. The third kappa shape index (κ3) is 1.98. The maximum atomic E-state index is 3.74. The lowest BCUT2D eigenvalue weighted by atomic mass is 10.2. The second-order valence-electron chi connectivity index (χ2n) is 2.96. The highest BCUT2D eigenvalue weighted by molar-refractivity contribution is 9.11. The van der Waals surface area contributed by atoms with Gasteiger partial charge in [-0.25, -0.2) is 0 Å². The van der Waals surface area contributed by atoms with Crippen LogP contribution in [0, 0.1) is 6.92 Å². The summed E-state index contributed by atoms with van der Waals surface area (Å²) in [6.07, 6.45) is 0. The predicted molar refractivity (Wildman–Crippen MR) is 71.8 cm³/mol. The van der Waals surface area contributed by atoms with Gasteiger partial charge in [0.1, 0.15) is 0 Å². The van der Waals surface area contributed by atoms with Gasteiger partial charge < -0.3 is 0 Å². The Morgan fingerprint density at radius 1 is 1.14 bits per heavy atom. The van der Waals surface area contributed by atoms with Crippen molar-refractivity contribution in [2.45, 2.75) is 11.8 Å². The minimum atomic E-state index is 0.330. The maximum Gasteiger partial charge on any atom is 0.0844 e. The average Bonchev–Trinajstić information content (AvgIpc) is 2.73. The van der Waals surface area contributed by atoms with Crippen LogP contribution in [0.15, 0.2) is 27.4 Å². The molecule has 0 N–H and O–H groups in total. The fourth-order valence-electron chi connectivity index (χ4n) is 1.25. The first-order valence-corrected chi connectivity index (χ1v) is 7.58. The molecule has 1 atom stereocenters. The molecular formula is C10H8Br2S2. The van der Waals surface area contributed by atoms with Crippen LogP contribution in [0.4, 0.5) is 0 Å². The van der Waals surface area contributed by atoms with Crippen LogP contribution in [0.25, 0.3) is 0 Å². The lowest BCUT2D eigenvalue weighted by molar-refractivity contribution is 1.23. The van der Waals surface area contributed by atoms with E-state index >= 15 is 0 Å². The van der Waals surface area contributed by atoms with E-state index < -0.39 is 0 Å². The van der Waals surface area contributed by atoms with Gasteiger partial charge in [-0.3, -0.25) is 0 Å². The summed E-state index contributed by atoms with van der Waals surface area (Å²) in [4.78, 5) is 3.07. The highest BCUT2D eigenvalue weighted by atomic mass is 79.9. The molecule has 2 aromatic heterocycles. The van der Waals surface area contributed by atoms with E-state index in [-0.39, 0.29) is 0 Å². The Bertz CT molecular complexity index is 391. The predicted octanol–water partition coefficient (Wildman–Crippen LogP) is 5.36. The van der Waals surface area contributed by atoms with E-state index in [1.165, 1.54) is 19.8 Å². The number of aryl methyl sites for hydroxylation is 1. The topological polar surface area (TPSA) is 0 Å². The Labute approximate surface area is 108 Å². The molecule has 0 aliphatic carbocycles. The van der Waals surface area contributed by atoms with Crippen molar-refractivity contribution >= 4 is 54.5 Å². The Morgan fingerprint density at radius 2 is 1.79 bits per heavy atom. The molecule has 0 saturated heterocycles. The van der Waals surface area contributed by atoms with Crippen molar-refractivity contribution in [3.63, 3.8) is 0 Å². The minimum Gasteiger partial charge on any atom is -0.147 e. The van der Waals surface area contributed by atoms with E-state index in [1.54, 1.807) is 22.7 Å². The van der Waals surface area contributed by atoms with Crippen LogP contribution in [-0.2, 0) is 0 Å². The number of thiophene rings is 2. The van der Waals surface area contributed by atoms with Crippen molar-refractivity contribution < 1.29 is 0 Å². The van der Waals surface area contributed by atoms with Crippen molar-refractivity contribution in [2.75, 3.05) is 0 Å².